The Bertz CT molecular complexity index is 595. The Hall–Kier alpha value is -2.31. The van der Waals surface area contributed by atoms with Crippen LogP contribution in [0.2, 0.25) is 0 Å². The molecule has 0 radical (unpaired) electrons. The molecule has 0 unspecified atom stereocenters. The molecule has 0 spiro atoms. The summed E-state index contributed by atoms with van der Waals surface area (Å²) in [5.41, 5.74) is -0.928. The number of H-pyrrole nitrogens is 1. The number of nitrogens with one attached hydrogen (secondary N) is 1. The number of aromatic nitrogens is 2. The van der Waals surface area contributed by atoms with Gasteiger partial charge in [-0.25, -0.2) is 18.0 Å². The molecule has 4 nitrogen and oxygen atoms in total. The summed E-state index contributed by atoms with van der Waals surface area (Å²) in [5, 5.41) is 14.4. The molecule has 0 amide bonds. The van der Waals surface area contributed by atoms with Gasteiger partial charge in [0, 0.05) is 11.6 Å². The third-order valence-electron chi connectivity index (χ3n) is 2.15. The van der Waals surface area contributed by atoms with Gasteiger partial charge < -0.3 is 5.11 Å². The molecule has 0 fully saturated rings. The highest BCUT2D eigenvalue weighted by molar-refractivity contribution is 5.94. The molecule has 88 valence electrons. The first-order valence-corrected chi connectivity index (χ1v) is 4.42. The van der Waals surface area contributed by atoms with Crippen LogP contribution in [0, 0.1) is 17.5 Å². The van der Waals surface area contributed by atoms with Gasteiger partial charge in [-0.3, -0.25) is 5.10 Å². The highest BCUT2D eigenvalue weighted by Gasteiger charge is 2.19. The lowest BCUT2D eigenvalue weighted by Crippen LogP contribution is -1.99. The lowest BCUT2D eigenvalue weighted by molar-refractivity contribution is 0.0698. The molecule has 2 rings (SSSR count). The Kier molecular flexibility index (Phi) is 2.58. The Balaban J connectivity index is 2.64. The zero-order chi connectivity index (χ0) is 12.6. The topological polar surface area (TPSA) is 66.0 Å². The van der Waals surface area contributed by atoms with Gasteiger partial charge in [-0.2, -0.15) is 5.10 Å². The van der Waals surface area contributed by atoms with Crippen LogP contribution in [0.25, 0.3) is 11.3 Å². The number of halogens is 3. The second-order valence-corrected chi connectivity index (χ2v) is 3.21. The summed E-state index contributed by atoms with van der Waals surface area (Å²) in [6.45, 7) is 0. The van der Waals surface area contributed by atoms with Crippen LogP contribution in [0.1, 0.15) is 10.4 Å². The van der Waals surface area contributed by atoms with Gasteiger partial charge in [-0.15, -0.1) is 0 Å². The molecule has 0 saturated heterocycles. The van der Waals surface area contributed by atoms with Gasteiger partial charge in [-0.05, 0) is 6.07 Å². The molecule has 0 aliphatic carbocycles. The number of aromatic carboxylic acids is 1. The minimum atomic E-state index is -1.35. The Morgan fingerprint density at radius 2 is 1.82 bits per heavy atom. The predicted octanol–water partition coefficient (Wildman–Crippen LogP) is 2.19. The van der Waals surface area contributed by atoms with Crippen LogP contribution in [0.15, 0.2) is 18.3 Å². The highest BCUT2D eigenvalue weighted by Crippen LogP contribution is 2.26. The fourth-order valence-electron chi connectivity index (χ4n) is 1.37. The Morgan fingerprint density at radius 3 is 2.47 bits per heavy atom. The number of hydrogen-bond acceptors (Lipinski definition) is 2. The largest absolute Gasteiger partial charge is 0.478 e. The van der Waals surface area contributed by atoms with Gasteiger partial charge in [-0.1, -0.05) is 0 Å². The number of carboxylic acid groups (broad SMARTS) is 1. The van der Waals surface area contributed by atoms with Crippen LogP contribution in [0.3, 0.4) is 0 Å². The zero-order valence-corrected chi connectivity index (χ0v) is 8.17. The van der Waals surface area contributed by atoms with E-state index < -0.39 is 23.4 Å². The summed E-state index contributed by atoms with van der Waals surface area (Å²) in [7, 11) is 0. The molecule has 0 saturated carbocycles. The van der Waals surface area contributed by atoms with Crippen molar-refractivity contribution in [3.63, 3.8) is 0 Å². The average molecular weight is 242 g/mol. The molecule has 0 bridgehead atoms. The second-order valence-electron chi connectivity index (χ2n) is 3.21. The van der Waals surface area contributed by atoms with Crippen LogP contribution >= 0.6 is 0 Å². The van der Waals surface area contributed by atoms with E-state index in [2.05, 4.69) is 10.2 Å². The van der Waals surface area contributed by atoms with E-state index in [0.717, 1.165) is 6.20 Å². The van der Waals surface area contributed by atoms with E-state index in [1.807, 2.05) is 0 Å². The smallest absolute Gasteiger partial charge is 0.339 e. The van der Waals surface area contributed by atoms with E-state index in [4.69, 9.17) is 5.11 Å². The summed E-state index contributed by atoms with van der Waals surface area (Å²) in [6, 6.07) is 0.918. The molecular weight excluding hydrogens is 237 g/mol. The highest BCUT2D eigenvalue weighted by atomic mass is 19.2. The van der Waals surface area contributed by atoms with Crippen molar-refractivity contribution in [3.05, 3.63) is 41.3 Å². The number of aromatic amines is 1. The van der Waals surface area contributed by atoms with Gasteiger partial charge in [0.1, 0.15) is 11.4 Å². The Labute approximate surface area is 92.7 Å². The van der Waals surface area contributed by atoms with E-state index in [0.29, 0.717) is 12.1 Å². The van der Waals surface area contributed by atoms with Crippen molar-refractivity contribution in [2.45, 2.75) is 0 Å². The SMILES string of the molecule is O=C(O)c1cn[nH]c1-c1cc(F)c(F)cc1F. The van der Waals surface area contributed by atoms with Gasteiger partial charge in [0.05, 0.1) is 11.9 Å². The first-order chi connectivity index (χ1) is 8.00. The second kappa shape index (κ2) is 3.93. The van der Waals surface area contributed by atoms with E-state index in [9.17, 15) is 18.0 Å². The molecular formula is C10H5F3N2O2. The van der Waals surface area contributed by atoms with Gasteiger partial charge in [0.2, 0.25) is 0 Å². The van der Waals surface area contributed by atoms with Crippen molar-refractivity contribution in [1.29, 1.82) is 0 Å². The standard InChI is InChI=1S/C10H5F3N2O2/c11-6-2-8(13)7(12)1-4(6)9-5(10(16)17)3-14-15-9/h1-3H,(H,14,15)(H,16,17). The van der Waals surface area contributed by atoms with E-state index in [1.165, 1.54) is 0 Å². The molecule has 2 aromatic rings. The number of benzene rings is 1. The lowest BCUT2D eigenvalue weighted by atomic mass is 10.1. The van der Waals surface area contributed by atoms with Crippen molar-refractivity contribution >= 4 is 5.97 Å². The molecule has 2 N–H and O–H groups in total. The molecule has 17 heavy (non-hydrogen) atoms. The monoisotopic (exact) mass is 242 g/mol. The van der Waals surface area contributed by atoms with Crippen LogP contribution < -0.4 is 0 Å². The van der Waals surface area contributed by atoms with E-state index >= 15 is 0 Å². The van der Waals surface area contributed by atoms with Gasteiger partial charge >= 0.3 is 5.97 Å². The van der Waals surface area contributed by atoms with Crippen molar-refractivity contribution in [2.24, 2.45) is 0 Å². The van der Waals surface area contributed by atoms with Crippen LogP contribution in [0.4, 0.5) is 13.2 Å². The summed E-state index contributed by atoms with van der Waals surface area (Å²) in [5.74, 6) is -5.04. The molecule has 1 heterocycles. The average Bonchev–Trinajstić information content (AvgIpc) is 2.72. The predicted molar refractivity (Wildman–Crippen MR) is 50.9 cm³/mol. The first kappa shape index (κ1) is 11.2. The summed E-state index contributed by atoms with van der Waals surface area (Å²) < 4.78 is 39.1. The van der Waals surface area contributed by atoms with Crippen LogP contribution in [-0.4, -0.2) is 21.3 Å². The molecule has 0 aliphatic heterocycles. The fraction of sp³-hybridized carbons (Fsp3) is 0. The maximum absolute atomic E-state index is 13.4. The van der Waals surface area contributed by atoms with Crippen LogP contribution in [0.5, 0.6) is 0 Å². The third kappa shape index (κ3) is 1.86. The normalized spacial score (nSPS) is 10.5. The molecule has 1 aromatic heterocycles. The van der Waals surface area contributed by atoms with Crippen molar-refractivity contribution in [1.82, 2.24) is 10.2 Å². The summed E-state index contributed by atoms with van der Waals surface area (Å²) in [4.78, 5) is 10.8. The van der Waals surface area contributed by atoms with Gasteiger partial charge in [0.15, 0.2) is 11.6 Å². The zero-order valence-electron chi connectivity index (χ0n) is 8.17. The minimum absolute atomic E-state index is 0.214. The molecule has 1 aromatic carbocycles. The number of hydrogen-bond donors (Lipinski definition) is 2. The summed E-state index contributed by atoms with van der Waals surface area (Å²) in [6.07, 6.45) is 0.957. The maximum Gasteiger partial charge on any atom is 0.339 e. The third-order valence-corrected chi connectivity index (χ3v) is 2.15. The quantitative estimate of drug-likeness (QED) is 0.793. The van der Waals surface area contributed by atoms with Crippen LogP contribution in [-0.2, 0) is 0 Å². The molecule has 7 heteroatoms. The number of carboxylic acids is 1. The number of rotatable bonds is 2. The van der Waals surface area contributed by atoms with Crippen molar-refractivity contribution in [2.75, 3.05) is 0 Å². The van der Waals surface area contributed by atoms with Gasteiger partial charge in [0.25, 0.3) is 0 Å². The van der Waals surface area contributed by atoms with Crippen molar-refractivity contribution in [3.8, 4) is 11.3 Å². The fourth-order valence-corrected chi connectivity index (χ4v) is 1.37. The molecule has 0 atom stereocenters. The van der Waals surface area contributed by atoms with E-state index in [1.54, 1.807) is 0 Å². The minimum Gasteiger partial charge on any atom is -0.478 e. The number of nitrogens with zero attached hydrogens (tertiary/aromatic N) is 1. The first-order valence-electron chi connectivity index (χ1n) is 4.42. The van der Waals surface area contributed by atoms with E-state index in [-0.39, 0.29) is 16.8 Å². The number of carbonyl (C=O) groups is 1. The Morgan fingerprint density at radius 1 is 1.18 bits per heavy atom. The maximum atomic E-state index is 13.4. The lowest BCUT2D eigenvalue weighted by Gasteiger charge is -2.03. The van der Waals surface area contributed by atoms with Crippen molar-refractivity contribution < 1.29 is 23.1 Å². The molecule has 0 aliphatic rings. The summed E-state index contributed by atoms with van der Waals surface area (Å²) >= 11 is 0.